The van der Waals surface area contributed by atoms with Gasteiger partial charge in [-0.25, -0.2) is 4.98 Å². The first-order chi connectivity index (χ1) is 10.7. The number of nitrogens with one attached hydrogen (secondary N) is 1. The van der Waals surface area contributed by atoms with E-state index in [9.17, 15) is 4.79 Å². The SMILES string of the molecule is O=C(CC12CC3CC(CC(C3)C1)C2)NCCCn1ccnc1. The van der Waals surface area contributed by atoms with Crippen LogP contribution in [0.4, 0.5) is 0 Å². The molecule has 0 aliphatic heterocycles. The van der Waals surface area contributed by atoms with E-state index in [2.05, 4.69) is 14.9 Å². The Hall–Kier alpha value is -1.32. The molecule has 1 N–H and O–H groups in total. The summed E-state index contributed by atoms with van der Waals surface area (Å²) in [5, 5.41) is 3.15. The van der Waals surface area contributed by atoms with E-state index in [0.29, 0.717) is 5.41 Å². The van der Waals surface area contributed by atoms with Crippen molar-refractivity contribution >= 4 is 5.91 Å². The molecule has 0 aromatic carbocycles. The van der Waals surface area contributed by atoms with Crippen molar-refractivity contribution in [3.63, 3.8) is 0 Å². The molecule has 0 atom stereocenters. The van der Waals surface area contributed by atoms with Gasteiger partial charge in [0.25, 0.3) is 0 Å². The van der Waals surface area contributed by atoms with Gasteiger partial charge in [-0.05, 0) is 68.1 Å². The summed E-state index contributed by atoms with van der Waals surface area (Å²) in [5.74, 6) is 3.08. The van der Waals surface area contributed by atoms with Crippen LogP contribution in [0.5, 0.6) is 0 Å². The Morgan fingerprint density at radius 1 is 1.18 bits per heavy atom. The zero-order chi connectivity index (χ0) is 15.0. The maximum absolute atomic E-state index is 12.4. The van der Waals surface area contributed by atoms with E-state index in [1.807, 2.05) is 12.5 Å². The third kappa shape index (κ3) is 2.92. The van der Waals surface area contributed by atoms with E-state index >= 15 is 0 Å². The zero-order valence-corrected chi connectivity index (χ0v) is 13.3. The first-order valence-corrected chi connectivity index (χ1v) is 8.93. The van der Waals surface area contributed by atoms with Crippen LogP contribution in [0, 0.1) is 23.2 Å². The Kier molecular flexibility index (Phi) is 3.71. The molecule has 1 aromatic rings. The first-order valence-electron chi connectivity index (χ1n) is 8.93. The number of hydrogen-bond acceptors (Lipinski definition) is 2. The number of aromatic nitrogens is 2. The molecule has 0 spiro atoms. The Morgan fingerprint density at radius 2 is 1.86 bits per heavy atom. The molecule has 4 aliphatic carbocycles. The second-order valence-electron chi connectivity index (χ2n) is 8.10. The number of rotatable bonds is 6. The molecule has 4 fully saturated rings. The molecule has 4 aliphatic rings. The molecule has 22 heavy (non-hydrogen) atoms. The van der Waals surface area contributed by atoms with Gasteiger partial charge in [-0.3, -0.25) is 4.79 Å². The third-order valence-corrected chi connectivity index (χ3v) is 6.18. The van der Waals surface area contributed by atoms with Crippen LogP contribution in [0.3, 0.4) is 0 Å². The van der Waals surface area contributed by atoms with Gasteiger partial charge >= 0.3 is 0 Å². The van der Waals surface area contributed by atoms with Crippen molar-refractivity contribution in [2.75, 3.05) is 6.54 Å². The van der Waals surface area contributed by atoms with Gasteiger partial charge in [0.15, 0.2) is 0 Å². The number of carbonyl (C=O) groups is 1. The molecule has 1 aromatic heterocycles. The largest absolute Gasteiger partial charge is 0.356 e. The van der Waals surface area contributed by atoms with Crippen LogP contribution in [0.2, 0.25) is 0 Å². The first kappa shape index (κ1) is 14.3. The minimum Gasteiger partial charge on any atom is -0.356 e. The topological polar surface area (TPSA) is 46.9 Å². The molecular weight excluding hydrogens is 274 g/mol. The molecular formula is C18H27N3O. The van der Waals surface area contributed by atoms with Gasteiger partial charge < -0.3 is 9.88 Å². The number of hydrogen-bond donors (Lipinski definition) is 1. The van der Waals surface area contributed by atoms with Crippen LogP contribution in [-0.4, -0.2) is 22.0 Å². The fraction of sp³-hybridized carbons (Fsp3) is 0.778. The van der Waals surface area contributed by atoms with Crippen molar-refractivity contribution < 1.29 is 4.79 Å². The summed E-state index contributed by atoms with van der Waals surface area (Å²) in [5.41, 5.74) is 0.364. The summed E-state index contributed by atoms with van der Waals surface area (Å²) < 4.78 is 2.06. The van der Waals surface area contributed by atoms with E-state index < -0.39 is 0 Å². The lowest BCUT2D eigenvalue weighted by atomic mass is 9.49. The summed E-state index contributed by atoms with van der Waals surface area (Å²) in [7, 11) is 0. The minimum atomic E-state index is 0.285. The summed E-state index contributed by atoms with van der Waals surface area (Å²) in [6.45, 7) is 1.71. The van der Waals surface area contributed by atoms with Crippen molar-refractivity contribution in [1.29, 1.82) is 0 Å². The summed E-state index contributed by atoms with van der Waals surface area (Å²) >= 11 is 0. The van der Waals surface area contributed by atoms with Crippen LogP contribution in [-0.2, 0) is 11.3 Å². The number of amides is 1. The van der Waals surface area contributed by atoms with E-state index in [-0.39, 0.29) is 5.91 Å². The fourth-order valence-electron chi connectivity index (χ4n) is 5.82. The van der Waals surface area contributed by atoms with Crippen molar-refractivity contribution in [3.8, 4) is 0 Å². The highest BCUT2D eigenvalue weighted by Gasteiger charge is 2.51. The van der Waals surface area contributed by atoms with Crippen LogP contribution in [0.15, 0.2) is 18.7 Å². The quantitative estimate of drug-likeness (QED) is 0.821. The van der Waals surface area contributed by atoms with E-state index in [4.69, 9.17) is 0 Å². The Morgan fingerprint density at radius 3 is 2.45 bits per heavy atom. The maximum atomic E-state index is 12.4. The maximum Gasteiger partial charge on any atom is 0.220 e. The predicted molar refractivity (Wildman–Crippen MR) is 85.1 cm³/mol. The normalized spacial score (nSPS) is 35.7. The average Bonchev–Trinajstić information content (AvgIpc) is 2.94. The highest BCUT2D eigenvalue weighted by atomic mass is 16.1. The number of imidazole rings is 1. The van der Waals surface area contributed by atoms with Crippen molar-refractivity contribution in [2.24, 2.45) is 23.2 Å². The van der Waals surface area contributed by atoms with Gasteiger partial charge in [0.2, 0.25) is 5.91 Å². The standard InChI is InChI=1S/C18H27N3O/c22-17(20-2-1-4-21-5-3-19-13-21)12-18-9-14-6-15(10-18)8-16(7-14)11-18/h3,5,13-16H,1-2,4,6-12H2,(H,20,22). The Labute approximate surface area is 132 Å². The lowest BCUT2D eigenvalue weighted by Crippen LogP contribution is -2.48. The summed E-state index contributed by atoms with van der Waals surface area (Å²) in [6, 6.07) is 0. The molecule has 4 nitrogen and oxygen atoms in total. The minimum absolute atomic E-state index is 0.285. The molecule has 4 heteroatoms. The van der Waals surface area contributed by atoms with Crippen LogP contribution in [0.1, 0.15) is 51.4 Å². The van der Waals surface area contributed by atoms with E-state index in [0.717, 1.165) is 43.7 Å². The highest BCUT2D eigenvalue weighted by Crippen LogP contribution is 2.61. The van der Waals surface area contributed by atoms with Crippen molar-refractivity contribution in [3.05, 3.63) is 18.7 Å². The monoisotopic (exact) mass is 301 g/mol. The van der Waals surface area contributed by atoms with Crippen LogP contribution in [0.25, 0.3) is 0 Å². The smallest absolute Gasteiger partial charge is 0.220 e. The molecule has 5 rings (SSSR count). The Balaban J connectivity index is 1.24. The average molecular weight is 301 g/mol. The lowest BCUT2D eigenvalue weighted by molar-refractivity contribution is -0.129. The van der Waals surface area contributed by atoms with Crippen LogP contribution < -0.4 is 5.32 Å². The van der Waals surface area contributed by atoms with Gasteiger partial charge in [0, 0.05) is 31.9 Å². The van der Waals surface area contributed by atoms with Gasteiger partial charge in [0.1, 0.15) is 0 Å². The van der Waals surface area contributed by atoms with E-state index in [1.54, 1.807) is 6.20 Å². The molecule has 1 heterocycles. The molecule has 0 unspecified atom stereocenters. The lowest BCUT2D eigenvalue weighted by Gasteiger charge is -2.56. The van der Waals surface area contributed by atoms with Gasteiger partial charge in [-0.2, -0.15) is 0 Å². The zero-order valence-electron chi connectivity index (χ0n) is 13.3. The molecule has 120 valence electrons. The third-order valence-electron chi connectivity index (χ3n) is 6.18. The van der Waals surface area contributed by atoms with Crippen molar-refractivity contribution in [2.45, 2.75) is 57.9 Å². The molecule has 4 bridgehead atoms. The molecule has 0 saturated heterocycles. The van der Waals surface area contributed by atoms with Gasteiger partial charge in [0.05, 0.1) is 6.33 Å². The van der Waals surface area contributed by atoms with E-state index in [1.165, 1.54) is 38.5 Å². The Bertz CT molecular complexity index is 487. The number of aryl methyl sites for hydroxylation is 1. The second kappa shape index (κ2) is 5.71. The predicted octanol–water partition coefficient (Wildman–Crippen LogP) is 3.00. The summed E-state index contributed by atoms with van der Waals surface area (Å²) in [4.78, 5) is 16.4. The summed E-state index contributed by atoms with van der Waals surface area (Å²) in [6.07, 6.45) is 15.7. The number of carbonyl (C=O) groups excluding carboxylic acids is 1. The molecule has 4 saturated carbocycles. The van der Waals surface area contributed by atoms with Gasteiger partial charge in [-0.1, -0.05) is 0 Å². The second-order valence-corrected chi connectivity index (χ2v) is 8.10. The van der Waals surface area contributed by atoms with Crippen molar-refractivity contribution in [1.82, 2.24) is 14.9 Å². The molecule has 0 radical (unpaired) electrons. The highest BCUT2D eigenvalue weighted by molar-refractivity contribution is 5.76. The van der Waals surface area contributed by atoms with Crippen LogP contribution >= 0.6 is 0 Å². The number of nitrogens with zero attached hydrogens (tertiary/aromatic N) is 2. The molecule has 1 amide bonds. The van der Waals surface area contributed by atoms with Gasteiger partial charge in [-0.15, -0.1) is 0 Å². The fourth-order valence-corrected chi connectivity index (χ4v) is 5.82.